The van der Waals surface area contributed by atoms with E-state index in [0.717, 1.165) is 26.1 Å². The number of carbonyl (C=O) groups excluding carboxylic acids is 1. The van der Waals surface area contributed by atoms with Gasteiger partial charge in [-0.1, -0.05) is 0 Å². The second-order valence-corrected chi connectivity index (χ2v) is 3.70. The number of ether oxygens (including phenoxy) is 2. The first-order valence-corrected chi connectivity index (χ1v) is 5.12. The van der Waals surface area contributed by atoms with Gasteiger partial charge >= 0.3 is 5.97 Å². The van der Waals surface area contributed by atoms with Crippen LogP contribution in [0.2, 0.25) is 0 Å². The predicted octanol–water partition coefficient (Wildman–Crippen LogP) is 0.564. The van der Waals surface area contributed by atoms with Crippen molar-refractivity contribution in [2.24, 2.45) is 5.92 Å². The van der Waals surface area contributed by atoms with Crippen LogP contribution in [-0.2, 0) is 14.3 Å². The maximum Gasteiger partial charge on any atom is 0.319 e. The molecule has 1 atom stereocenters. The lowest BCUT2D eigenvalue weighted by atomic mass is 9.93. The van der Waals surface area contributed by atoms with Crippen molar-refractivity contribution < 1.29 is 14.3 Å². The normalized spacial score (nSPS) is 20.4. The fourth-order valence-electron chi connectivity index (χ4n) is 1.70. The molecule has 1 fully saturated rings. The average molecular weight is 201 g/mol. The van der Waals surface area contributed by atoms with Crippen molar-refractivity contribution in [1.29, 1.82) is 0 Å². The highest BCUT2D eigenvalue weighted by atomic mass is 16.5. The Labute approximate surface area is 85.0 Å². The van der Waals surface area contributed by atoms with E-state index in [2.05, 4.69) is 17.0 Å². The van der Waals surface area contributed by atoms with E-state index in [9.17, 15) is 4.79 Å². The summed E-state index contributed by atoms with van der Waals surface area (Å²) >= 11 is 0. The second kappa shape index (κ2) is 5.98. The molecule has 0 unspecified atom stereocenters. The molecule has 0 saturated carbocycles. The maximum absolute atomic E-state index is 10.9. The van der Waals surface area contributed by atoms with Gasteiger partial charge in [0.2, 0.25) is 0 Å². The second-order valence-electron chi connectivity index (χ2n) is 3.70. The molecule has 0 aromatic carbocycles. The Balaban J connectivity index is 2.19. The molecule has 14 heavy (non-hydrogen) atoms. The molecule has 0 aromatic rings. The van der Waals surface area contributed by atoms with E-state index in [0.29, 0.717) is 18.5 Å². The van der Waals surface area contributed by atoms with Gasteiger partial charge in [-0.3, -0.25) is 4.79 Å². The van der Waals surface area contributed by atoms with E-state index in [1.165, 1.54) is 7.11 Å². The summed E-state index contributed by atoms with van der Waals surface area (Å²) in [7, 11) is 1.41. The topological polar surface area (TPSA) is 47.6 Å². The quantitative estimate of drug-likeness (QED) is 0.675. The lowest BCUT2D eigenvalue weighted by Gasteiger charge is -2.28. The van der Waals surface area contributed by atoms with Crippen molar-refractivity contribution in [2.75, 3.05) is 26.9 Å². The molecule has 0 radical (unpaired) electrons. The van der Waals surface area contributed by atoms with Gasteiger partial charge in [-0.15, -0.1) is 0 Å². The minimum absolute atomic E-state index is 0.205. The Morgan fingerprint density at radius 2 is 2.21 bits per heavy atom. The van der Waals surface area contributed by atoms with Crippen LogP contribution >= 0.6 is 0 Å². The largest absolute Gasteiger partial charge is 0.468 e. The first-order chi connectivity index (χ1) is 6.74. The summed E-state index contributed by atoms with van der Waals surface area (Å²) < 4.78 is 9.84. The molecule has 1 heterocycles. The molecule has 4 heteroatoms. The zero-order valence-electron chi connectivity index (χ0n) is 8.91. The van der Waals surface area contributed by atoms with E-state index in [1.807, 2.05) is 0 Å². The van der Waals surface area contributed by atoms with Crippen LogP contribution in [0.15, 0.2) is 0 Å². The van der Waals surface area contributed by atoms with E-state index < -0.39 is 0 Å². The van der Waals surface area contributed by atoms with E-state index in [-0.39, 0.29) is 5.97 Å². The molecule has 0 bridgehead atoms. The minimum Gasteiger partial charge on any atom is -0.468 e. The molecule has 1 saturated heterocycles. The van der Waals surface area contributed by atoms with Crippen LogP contribution in [0.25, 0.3) is 0 Å². The lowest BCUT2D eigenvalue weighted by Crippen LogP contribution is -2.39. The summed E-state index contributed by atoms with van der Waals surface area (Å²) in [6.45, 7) is 4.10. The summed E-state index contributed by atoms with van der Waals surface area (Å²) in [6.07, 6.45) is 2.16. The van der Waals surface area contributed by atoms with Crippen LogP contribution in [0.5, 0.6) is 0 Å². The summed E-state index contributed by atoms with van der Waals surface area (Å²) in [5.74, 6) is 0.414. The van der Waals surface area contributed by atoms with Gasteiger partial charge in [-0.05, 0) is 25.7 Å². The Hall–Kier alpha value is -0.610. The van der Waals surface area contributed by atoms with Gasteiger partial charge in [-0.2, -0.15) is 0 Å². The number of methoxy groups -OCH3 is 1. The number of esters is 1. The summed E-state index contributed by atoms with van der Waals surface area (Å²) in [5, 5.41) is 3.17. The fraction of sp³-hybridized carbons (Fsp3) is 0.900. The third-order valence-corrected chi connectivity index (χ3v) is 2.77. The first kappa shape index (κ1) is 11.5. The highest BCUT2D eigenvalue weighted by molar-refractivity contribution is 5.71. The Morgan fingerprint density at radius 3 is 2.79 bits per heavy atom. The van der Waals surface area contributed by atoms with E-state index >= 15 is 0 Å². The fourth-order valence-corrected chi connectivity index (χ4v) is 1.70. The molecule has 0 spiro atoms. The van der Waals surface area contributed by atoms with Crippen LogP contribution in [0.1, 0.15) is 19.8 Å². The molecule has 1 rings (SSSR count). The highest BCUT2D eigenvalue weighted by Crippen LogP contribution is 2.18. The molecular weight excluding hydrogens is 182 g/mol. The van der Waals surface area contributed by atoms with Crippen molar-refractivity contribution in [3.8, 4) is 0 Å². The number of carbonyl (C=O) groups is 1. The SMILES string of the molecule is COC(=O)CN[C@@H](C)C1CCOCC1. The molecule has 0 amide bonds. The zero-order valence-corrected chi connectivity index (χ0v) is 8.91. The van der Waals surface area contributed by atoms with Crippen molar-refractivity contribution in [3.63, 3.8) is 0 Å². The highest BCUT2D eigenvalue weighted by Gasteiger charge is 2.20. The van der Waals surface area contributed by atoms with Crippen molar-refractivity contribution in [3.05, 3.63) is 0 Å². The molecule has 1 N–H and O–H groups in total. The van der Waals surface area contributed by atoms with Crippen LogP contribution in [0, 0.1) is 5.92 Å². The summed E-state index contributed by atoms with van der Waals surface area (Å²) in [4.78, 5) is 10.9. The van der Waals surface area contributed by atoms with Crippen molar-refractivity contribution in [1.82, 2.24) is 5.32 Å². The number of hydrogen-bond donors (Lipinski definition) is 1. The smallest absolute Gasteiger partial charge is 0.319 e. The monoisotopic (exact) mass is 201 g/mol. The summed E-state index contributed by atoms with van der Waals surface area (Å²) in [5.41, 5.74) is 0. The molecule has 4 nitrogen and oxygen atoms in total. The Kier molecular flexibility index (Phi) is 4.90. The van der Waals surface area contributed by atoms with Crippen LogP contribution in [-0.4, -0.2) is 38.9 Å². The van der Waals surface area contributed by atoms with Crippen LogP contribution < -0.4 is 5.32 Å². The van der Waals surface area contributed by atoms with Crippen LogP contribution in [0.3, 0.4) is 0 Å². The lowest BCUT2D eigenvalue weighted by molar-refractivity contribution is -0.139. The van der Waals surface area contributed by atoms with E-state index in [1.54, 1.807) is 0 Å². The van der Waals surface area contributed by atoms with E-state index in [4.69, 9.17) is 4.74 Å². The summed E-state index contributed by atoms with van der Waals surface area (Å²) in [6, 6.07) is 0.359. The first-order valence-electron chi connectivity index (χ1n) is 5.12. The molecule has 0 aliphatic carbocycles. The molecule has 0 aromatic heterocycles. The van der Waals surface area contributed by atoms with Crippen molar-refractivity contribution in [2.45, 2.75) is 25.8 Å². The van der Waals surface area contributed by atoms with Gasteiger partial charge in [0.05, 0.1) is 13.7 Å². The standard InChI is InChI=1S/C10H19NO3/c1-8(11-7-10(12)13-2)9-3-5-14-6-4-9/h8-9,11H,3-7H2,1-2H3/t8-/m0/s1. The van der Waals surface area contributed by atoms with Crippen molar-refractivity contribution >= 4 is 5.97 Å². The number of rotatable bonds is 4. The zero-order chi connectivity index (χ0) is 10.4. The van der Waals surface area contributed by atoms with Gasteiger partial charge in [0.25, 0.3) is 0 Å². The van der Waals surface area contributed by atoms with Gasteiger partial charge < -0.3 is 14.8 Å². The number of hydrogen-bond acceptors (Lipinski definition) is 4. The average Bonchev–Trinajstić information content (AvgIpc) is 2.26. The Morgan fingerprint density at radius 1 is 1.57 bits per heavy atom. The molecule has 82 valence electrons. The molecular formula is C10H19NO3. The van der Waals surface area contributed by atoms with Crippen LogP contribution in [0.4, 0.5) is 0 Å². The van der Waals surface area contributed by atoms with Gasteiger partial charge in [0.1, 0.15) is 0 Å². The van der Waals surface area contributed by atoms with Gasteiger partial charge in [0, 0.05) is 19.3 Å². The third-order valence-electron chi connectivity index (χ3n) is 2.77. The molecule has 1 aliphatic rings. The Bertz CT molecular complexity index is 178. The number of nitrogens with one attached hydrogen (secondary N) is 1. The van der Waals surface area contributed by atoms with Gasteiger partial charge in [-0.25, -0.2) is 0 Å². The maximum atomic E-state index is 10.9. The predicted molar refractivity (Wildman–Crippen MR) is 53.0 cm³/mol. The third kappa shape index (κ3) is 3.64. The molecule has 1 aliphatic heterocycles. The van der Waals surface area contributed by atoms with Gasteiger partial charge in [0.15, 0.2) is 0 Å². The minimum atomic E-state index is -0.205.